The van der Waals surface area contributed by atoms with Crippen LogP contribution in [0.25, 0.3) is 5.88 Å². The van der Waals surface area contributed by atoms with Crippen LogP contribution < -0.4 is 4.74 Å². The molecule has 1 unspecified atom stereocenters. The van der Waals surface area contributed by atoms with Gasteiger partial charge in [0.05, 0.1) is 19.4 Å². The molecule has 1 saturated heterocycles. The van der Waals surface area contributed by atoms with Crippen LogP contribution in [0.4, 0.5) is 0 Å². The number of methoxy groups -OCH3 is 1. The van der Waals surface area contributed by atoms with E-state index < -0.39 is 0 Å². The molecule has 0 saturated carbocycles. The first-order chi connectivity index (χ1) is 12.4. The quantitative estimate of drug-likeness (QED) is 0.679. The molecule has 0 aliphatic carbocycles. The molecule has 1 aliphatic rings. The van der Waals surface area contributed by atoms with Crippen LogP contribution in [0.5, 0.6) is 5.75 Å². The number of aromatic nitrogens is 1. The van der Waals surface area contributed by atoms with E-state index in [9.17, 15) is 0 Å². The number of rotatable bonds is 5. The van der Waals surface area contributed by atoms with Crippen LogP contribution in [0.2, 0.25) is 0 Å². The molecular formula is C21H24N2O2. The summed E-state index contributed by atoms with van der Waals surface area (Å²) in [5.41, 5.74) is 2.42. The highest BCUT2D eigenvalue weighted by Crippen LogP contribution is 2.37. The van der Waals surface area contributed by atoms with Crippen molar-refractivity contribution in [1.29, 1.82) is 0 Å². The number of para-hydroxylation sites is 1. The monoisotopic (exact) mass is 336 g/mol. The van der Waals surface area contributed by atoms with Crippen molar-refractivity contribution in [2.45, 2.75) is 25.3 Å². The molecule has 0 N–H and O–H groups in total. The molecule has 0 amide bonds. The predicted molar refractivity (Wildman–Crippen MR) is 98.3 cm³/mol. The molecule has 0 spiro atoms. The number of nitrogens with zero attached hydrogens (tertiary/aromatic N) is 2. The number of likely N-dealkylation sites (tertiary alicyclic amines) is 1. The Hall–Kier alpha value is -2.46. The van der Waals surface area contributed by atoms with E-state index in [1.54, 1.807) is 13.4 Å². The second-order valence-corrected chi connectivity index (χ2v) is 6.50. The van der Waals surface area contributed by atoms with Gasteiger partial charge in [0.2, 0.25) is 5.88 Å². The number of hydrogen-bond acceptors (Lipinski definition) is 3. The second-order valence-electron chi connectivity index (χ2n) is 6.50. The largest absolute Gasteiger partial charge is 0.496 e. The highest BCUT2D eigenvalue weighted by Gasteiger charge is 2.29. The summed E-state index contributed by atoms with van der Waals surface area (Å²) in [6.45, 7) is 2.21. The molecule has 130 valence electrons. The second kappa shape index (κ2) is 7.19. The van der Waals surface area contributed by atoms with Crippen LogP contribution in [0.15, 0.2) is 65.4 Å². The molecule has 1 aliphatic heterocycles. The lowest BCUT2D eigenvalue weighted by Crippen LogP contribution is -2.35. The maximum atomic E-state index is 5.69. The maximum Gasteiger partial charge on any atom is 0.203 e. The highest BCUT2D eigenvalue weighted by atomic mass is 16.5. The van der Waals surface area contributed by atoms with Crippen molar-refractivity contribution < 1.29 is 9.15 Å². The summed E-state index contributed by atoms with van der Waals surface area (Å²) in [5, 5.41) is 0. The third-order valence-electron chi connectivity index (χ3n) is 4.99. The number of ether oxygens (including phenoxy) is 1. The number of hydrogen-bond donors (Lipinski definition) is 0. The fraction of sp³-hybridized carbons (Fsp3) is 0.333. The van der Waals surface area contributed by atoms with Crippen molar-refractivity contribution in [3.63, 3.8) is 0 Å². The minimum Gasteiger partial charge on any atom is -0.496 e. The molecule has 4 heteroatoms. The van der Waals surface area contributed by atoms with Gasteiger partial charge in [-0.1, -0.05) is 24.6 Å². The molecule has 3 aromatic rings. The van der Waals surface area contributed by atoms with E-state index in [1.165, 1.54) is 30.5 Å². The van der Waals surface area contributed by atoms with Crippen molar-refractivity contribution >= 4 is 0 Å². The molecular weight excluding hydrogens is 312 g/mol. The van der Waals surface area contributed by atoms with Crippen LogP contribution in [-0.4, -0.2) is 29.7 Å². The molecule has 3 heterocycles. The minimum atomic E-state index is 0.150. The Morgan fingerprint density at radius 3 is 2.56 bits per heavy atom. The maximum absolute atomic E-state index is 5.69. The number of benzene rings is 1. The zero-order chi connectivity index (χ0) is 17.1. The standard InChI is InChI=1S/C21H24N2O2/c1-24-19-11-4-3-9-17(19)21(22-13-5-2-6-14-22)18-10-7-15-23(18)20-12-8-16-25-20/h3-4,7-12,15-16,21H,2,5-6,13-14H2,1H3. The number of furan rings is 1. The van der Waals surface area contributed by atoms with E-state index in [0.717, 1.165) is 24.7 Å². The first-order valence-corrected chi connectivity index (χ1v) is 8.96. The van der Waals surface area contributed by atoms with Gasteiger partial charge in [0.1, 0.15) is 5.75 Å². The SMILES string of the molecule is COc1ccccc1C(c1cccn1-c1ccco1)N1CCCCC1. The smallest absolute Gasteiger partial charge is 0.203 e. The normalized spacial score (nSPS) is 16.7. The average Bonchev–Trinajstić information content (AvgIpc) is 3.35. The Labute approximate surface area is 148 Å². The van der Waals surface area contributed by atoms with Gasteiger partial charge in [-0.15, -0.1) is 0 Å². The Morgan fingerprint density at radius 2 is 1.80 bits per heavy atom. The molecule has 25 heavy (non-hydrogen) atoms. The molecule has 4 nitrogen and oxygen atoms in total. The summed E-state index contributed by atoms with van der Waals surface area (Å²) in [6, 6.07) is 16.7. The Kier molecular flexibility index (Phi) is 4.61. The topological polar surface area (TPSA) is 30.5 Å². The van der Waals surface area contributed by atoms with E-state index in [2.05, 4.69) is 39.9 Å². The van der Waals surface area contributed by atoms with E-state index in [0.29, 0.717) is 0 Å². The lowest BCUT2D eigenvalue weighted by atomic mass is 9.98. The molecule has 1 fully saturated rings. The van der Waals surface area contributed by atoms with Crippen molar-refractivity contribution in [2.75, 3.05) is 20.2 Å². The van der Waals surface area contributed by atoms with Gasteiger partial charge < -0.3 is 9.15 Å². The van der Waals surface area contributed by atoms with Crippen LogP contribution >= 0.6 is 0 Å². The zero-order valence-corrected chi connectivity index (χ0v) is 14.6. The Morgan fingerprint density at radius 1 is 0.960 bits per heavy atom. The van der Waals surface area contributed by atoms with Gasteiger partial charge in [-0.3, -0.25) is 9.47 Å². The molecule has 2 aromatic heterocycles. The van der Waals surface area contributed by atoms with Gasteiger partial charge in [0, 0.05) is 23.5 Å². The molecule has 0 bridgehead atoms. The summed E-state index contributed by atoms with van der Waals surface area (Å²) in [4.78, 5) is 2.57. The fourth-order valence-corrected chi connectivity index (χ4v) is 3.84. The van der Waals surface area contributed by atoms with Crippen LogP contribution in [-0.2, 0) is 0 Å². The fourth-order valence-electron chi connectivity index (χ4n) is 3.84. The van der Waals surface area contributed by atoms with Gasteiger partial charge >= 0.3 is 0 Å². The Bertz CT molecular complexity index is 801. The predicted octanol–water partition coefficient (Wildman–Crippen LogP) is 4.65. The third kappa shape index (κ3) is 3.10. The lowest BCUT2D eigenvalue weighted by Gasteiger charge is -2.35. The number of piperidine rings is 1. The van der Waals surface area contributed by atoms with Crippen molar-refractivity contribution in [3.05, 3.63) is 72.2 Å². The van der Waals surface area contributed by atoms with E-state index >= 15 is 0 Å². The van der Waals surface area contributed by atoms with E-state index in [1.807, 2.05) is 24.3 Å². The summed E-state index contributed by atoms with van der Waals surface area (Å²) in [7, 11) is 1.75. The van der Waals surface area contributed by atoms with Gasteiger partial charge in [-0.25, -0.2) is 0 Å². The van der Waals surface area contributed by atoms with Gasteiger partial charge in [-0.2, -0.15) is 0 Å². The zero-order valence-electron chi connectivity index (χ0n) is 14.6. The summed E-state index contributed by atoms with van der Waals surface area (Å²) in [6.07, 6.45) is 7.59. The first-order valence-electron chi connectivity index (χ1n) is 8.96. The van der Waals surface area contributed by atoms with Gasteiger partial charge in [-0.05, 0) is 50.2 Å². The molecule has 1 aromatic carbocycles. The van der Waals surface area contributed by atoms with Gasteiger partial charge in [0.15, 0.2) is 0 Å². The summed E-state index contributed by atoms with van der Waals surface area (Å²) in [5.74, 6) is 1.78. The lowest BCUT2D eigenvalue weighted by molar-refractivity contribution is 0.180. The summed E-state index contributed by atoms with van der Waals surface area (Å²) >= 11 is 0. The summed E-state index contributed by atoms with van der Waals surface area (Å²) < 4.78 is 13.5. The first kappa shape index (κ1) is 16.0. The molecule has 4 rings (SSSR count). The van der Waals surface area contributed by atoms with Crippen molar-refractivity contribution in [1.82, 2.24) is 9.47 Å². The van der Waals surface area contributed by atoms with Crippen LogP contribution in [0.1, 0.15) is 36.6 Å². The highest BCUT2D eigenvalue weighted by molar-refractivity contribution is 5.42. The van der Waals surface area contributed by atoms with Crippen LogP contribution in [0.3, 0.4) is 0 Å². The minimum absolute atomic E-state index is 0.150. The molecule has 0 radical (unpaired) electrons. The molecule has 1 atom stereocenters. The average molecular weight is 336 g/mol. The Balaban J connectivity index is 1.83. The van der Waals surface area contributed by atoms with E-state index in [4.69, 9.17) is 9.15 Å². The van der Waals surface area contributed by atoms with Crippen LogP contribution in [0, 0.1) is 0 Å². The van der Waals surface area contributed by atoms with Crippen molar-refractivity contribution in [2.24, 2.45) is 0 Å². The van der Waals surface area contributed by atoms with E-state index in [-0.39, 0.29) is 6.04 Å². The van der Waals surface area contributed by atoms with Gasteiger partial charge in [0.25, 0.3) is 0 Å². The van der Waals surface area contributed by atoms with Crippen molar-refractivity contribution in [3.8, 4) is 11.6 Å². The third-order valence-corrected chi connectivity index (χ3v) is 4.99.